The SMILES string of the molecule is Nc1ccc2[nH]c(CC3CCCCC3)nc2c1. The highest BCUT2D eigenvalue weighted by Crippen LogP contribution is 2.26. The Hall–Kier alpha value is -1.51. The maximum absolute atomic E-state index is 5.76. The average Bonchev–Trinajstić information content (AvgIpc) is 2.71. The fourth-order valence-electron chi connectivity index (χ4n) is 2.84. The van der Waals surface area contributed by atoms with Crippen molar-refractivity contribution in [2.75, 3.05) is 5.73 Å². The average molecular weight is 229 g/mol. The number of aromatic amines is 1. The quantitative estimate of drug-likeness (QED) is 0.776. The Morgan fingerprint density at radius 2 is 2.06 bits per heavy atom. The van der Waals surface area contributed by atoms with Crippen molar-refractivity contribution in [3.05, 3.63) is 24.0 Å². The van der Waals surface area contributed by atoms with Gasteiger partial charge in [-0.2, -0.15) is 0 Å². The summed E-state index contributed by atoms with van der Waals surface area (Å²) in [6.45, 7) is 0. The minimum Gasteiger partial charge on any atom is -0.399 e. The standard InChI is InChI=1S/C14H19N3/c15-11-6-7-12-13(9-11)17-14(16-12)8-10-4-2-1-3-5-10/h6-7,9-10H,1-5,8,15H2,(H,16,17). The van der Waals surface area contributed by atoms with Gasteiger partial charge in [0.2, 0.25) is 0 Å². The van der Waals surface area contributed by atoms with Gasteiger partial charge in [0.05, 0.1) is 11.0 Å². The van der Waals surface area contributed by atoms with Crippen LogP contribution < -0.4 is 5.73 Å². The number of nitrogens with two attached hydrogens (primary N) is 1. The number of hydrogen-bond acceptors (Lipinski definition) is 2. The summed E-state index contributed by atoms with van der Waals surface area (Å²) in [7, 11) is 0. The molecule has 1 heterocycles. The fourth-order valence-corrected chi connectivity index (χ4v) is 2.84. The first-order valence-electron chi connectivity index (χ1n) is 6.55. The number of hydrogen-bond donors (Lipinski definition) is 2. The van der Waals surface area contributed by atoms with Crippen LogP contribution in [0.5, 0.6) is 0 Å². The highest BCUT2D eigenvalue weighted by molar-refractivity contribution is 5.78. The van der Waals surface area contributed by atoms with Crippen LogP contribution in [0.15, 0.2) is 18.2 Å². The molecule has 3 N–H and O–H groups in total. The maximum atomic E-state index is 5.76. The van der Waals surface area contributed by atoms with Crippen LogP contribution in [0.4, 0.5) is 5.69 Å². The topological polar surface area (TPSA) is 54.7 Å². The normalized spacial score (nSPS) is 17.6. The van der Waals surface area contributed by atoms with Gasteiger partial charge in [-0.05, 0) is 24.1 Å². The summed E-state index contributed by atoms with van der Waals surface area (Å²) in [5, 5.41) is 0. The molecule has 3 heteroatoms. The summed E-state index contributed by atoms with van der Waals surface area (Å²) in [5.74, 6) is 1.94. The molecular formula is C14H19N3. The van der Waals surface area contributed by atoms with E-state index in [0.717, 1.165) is 34.9 Å². The van der Waals surface area contributed by atoms with Crippen LogP contribution in [0, 0.1) is 5.92 Å². The van der Waals surface area contributed by atoms with Gasteiger partial charge < -0.3 is 10.7 Å². The molecule has 3 rings (SSSR count). The molecule has 0 spiro atoms. The molecule has 1 aliphatic rings. The van der Waals surface area contributed by atoms with Gasteiger partial charge in [0.25, 0.3) is 0 Å². The van der Waals surface area contributed by atoms with E-state index in [1.54, 1.807) is 0 Å². The van der Waals surface area contributed by atoms with E-state index in [2.05, 4.69) is 9.97 Å². The van der Waals surface area contributed by atoms with Crippen LogP contribution >= 0.6 is 0 Å². The second-order valence-electron chi connectivity index (χ2n) is 5.17. The molecule has 0 saturated heterocycles. The lowest BCUT2D eigenvalue weighted by atomic mass is 9.87. The molecule has 3 nitrogen and oxygen atoms in total. The molecule has 0 bridgehead atoms. The zero-order valence-electron chi connectivity index (χ0n) is 10.1. The molecule has 0 radical (unpaired) electrons. The third-order valence-electron chi connectivity index (χ3n) is 3.76. The molecule has 0 aliphatic heterocycles. The van der Waals surface area contributed by atoms with E-state index in [0.29, 0.717) is 0 Å². The number of rotatable bonds is 2. The first kappa shape index (κ1) is 10.6. The number of imidazole rings is 1. The maximum Gasteiger partial charge on any atom is 0.107 e. The van der Waals surface area contributed by atoms with Crippen LogP contribution in [-0.2, 0) is 6.42 Å². The minimum absolute atomic E-state index is 0.785. The number of nitrogen functional groups attached to an aromatic ring is 1. The molecule has 0 unspecified atom stereocenters. The molecule has 1 aromatic heterocycles. The lowest BCUT2D eigenvalue weighted by Crippen LogP contribution is -2.10. The summed E-state index contributed by atoms with van der Waals surface area (Å²) in [4.78, 5) is 8.04. The van der Waals surface area contributed by atoms with Crippen molar-refractivity contribution in [1.82, 2.24) is 9.97 Å². The molecule has 2 aromatic rings. The Kier molecular flexibility index (Phi) is 2.75. The van der Waals surface area contributed by atoms with Crippen molar-refractivity contribution in [3.63, 3.8) is 0 Å². The molecule has 1 saturated carbocycles. The molecule has 1 fully saturated rings. The van der Waals surface area contributed by atoms with Gasteiger partial charge in [-0.25, -0.2) is 4.98 Å². The highest BCUT2D eigenvalue weighted by atomic mass is 14.9. The number of fused-ring (bicyclic) bond motifs is 1. The van der Waals surface area contributed by atoms with E-state index in [1.165, 1.54) is 32.1 Å². The second kappa shape index (κ2) is 4.40. The first-order chi connectivity index (χ1) is 8.31. The monoisotopic (exact) mass is 229 g/mol. The van der Waals surface area contributed by atoms with E-state index in [-0.39, 0.29) is 0 Å². The zero-order chi connectivity index (χ0) is 11.7. The van der Waals surface area contributed by atoms with Gasteiger partial charge in [-0.15, -0.1) is 0 Å². The number of nitrogens with zero attached hydrogens (tertiary/aromatic N) is 1. The van der Waals surface area contributed by atoms with Gasteiger partial charge in [0.15, 0.2) is 0 Å². The summed E-state index contributed by atoms with van der Waals surface area (Å²) in [6, 6.07) is 5.88. The van der Waals surface area contributed by atoms with Crippen molar-refractivity contribution in [3.8, 4) is 0 Å². The Labute approximate surface area is 101 Å². The third kappa shape index (κ3) is 2.28. The van der Waals surface area contributed by atoms with Gasteiger partial charge in [0.1, 0.15) is 5.82 Å². The predicted molar refractivity (Wildman–Crippen MR) is 70.8 cm³/mol. The molecule has 1 aliphatic carbocycles. The van der Waals surface area contributed by atoms with Crippen molar-refractivity contribution in [2.24, 2.45) is 5.92 Å². The minimum atomic E-state index is 0.785. The molecule has 0 amide bonds. The largest absolute Gasteiger partial charge is 0.399 e. The van der Waals surface area contributed by atoms with Crippen LogP contribution in [0.3, 0.4) is 0 Å². The Morgan fingerprint density at radius 3 is 2.88 bits per heavy atom. The summed E-state index contributed by atoms with van der Waals surface area (Å²) < 4.78 is 0. The Bertz CT molecular complexity index is 509. The number of benzene rings is 1. The van der Waals surface area contributed by atoms with Gasteiger partial charge in [-0.3, -0.25) is 0 Å². The van der Waals surface area contributed by atoms with Crippen molar-refractivity contribution in [1.29, 1.82) is 0 Å². The van der Waals surface area contributed by atoms with Crippen LogP contribution in [0.1, 0.15) is 37.9 Å². The van der Waals surface area contributed by atoms with Crippen molar-refractivity contribution in [2.45, 2.75) is 38.5 Å². The Balaban J connectivity index is 1.80. The molecule has 0 atom stereocenters. The molecular weight excluding hydrogens is 210 g/mol. The van der Waals surface area contributed by atoms with Gasteiger partial charge in [0, 0.05) is 12.1 Å². The third-order valence-corrected chi connectivity index (χ3v) is 3.76. The second-order valence-corrected chi connectivity index (χ2v) is 5.17. The van der Waals surface area contributed by atoms with E-state index < -0.39 is 0 Å². The lowest BCUT2D eigenvalue weighted by molar-refractivity contribution is 0.352. The van der Waals surface area contributed by atoms with Crippen LogP contribution in [0.2, 0.25) is 0 Å². The zero-order valence-corrected chi connectivity index (χ0v) is 10.1. The van der Waals surface area contributed by atoms with E-state index >= 15 is 0 Å². The van der Waals surface area contributed by atoms with Gasteiger partial charge >= 0.3 is 0 Å². The lowest BCUT2D eigenvalue weighted by Gasteiger charge is -2.20. The molecule has 90 valence electrons. The summed E-state index contributed by atoms with van der Waals surface area (Å²) >= 11 is 0. The first-order valence-corrected chi connectivity index (χ1v) is 6.55. The number of nitrogens with one attached hydrogen (secondary N) is 1. The molecule has 17 heavy (non-hydrogen) atoms. The van der Waals surface area contributed by atoms with Crippen molar-refractivity contribution >= 4 is 16.7 Å². The summed E-state index contributed by atoms with van der Waals surface area (Å²) in [6.07, 6.45) is 8.00. The van der Waals surface area contributed by atoms with Crippen LogP contribution in [-0.4, -0.2) is 9.97 Å². The van der Waals surface area contributed by atoms with E-state index in [9.17, 15) is 0 Å². The predicted octanol–water partition coefficient (Wildman–Crippen LogP) is 3.27. The molecule has 1 aromatic carbocycles. The van der Waals surface area contributed by atoms with E-state index in [1.807, 2.05) is 18.2 Å². The highest BCUT2D eigenvalue weighted by Gasteiger charge is 2.15. The number of anilines is 1. The fraction of sp³-hybridized carbons (Fsp3) is 0.500. The smallest absolute Gasteiger partial charge is 0.107 e. The summed E-state index contributed by atoms with van der Waals surface area (Å²) in [5.41, 5.74) is 8.65. The van der Waals surface area contributed by atoms with E-state index in [4.69, 9.17) is 5.73 Å². The van der Waals surface area contributed by atoms with Gasteiger partial charge in [-0.1, -0.05) is 32.1 Å². The Morgan fingerprint density at radius 1 is 1.24 bits per heavy atom. The van der Waals surface area contributed by atoms with Crippen LogP contribution in [0.25, 0.3) is 11.0 Å². The number of H-pyrrole nitrogens is 1. The number of aromatic nitrogens is 2. The van der Waals surface area contributed by atoms with Crippen molar-refractivity contribution < 1.29 is 0 Å².